The van der Waals surface area contributed by atoms with Gasteiger partial charge in [0.15, 0.2) is 0 Å². The molecule has 1 aromatic carbocycles. The van der Waals surface area contributed by atoms with E-state index in [0.29, 0.717) is 17.0 Å². The van der Waals surface area contributed by atoms with E-state index in [-0.39, 0.29) is 17.6 Å². The van der Waals surface area contributed by atoms with Gasteiger partial charge in [0.05, 0.1) is 11.7 Å². The van der Waals surface area contributed by atoms with Gasteiger partial charge in [-0.2, -0.15) is 0 Å². The fourth-order valence-corrected chi connectivity index (χ4v) is 3.98. The molecule has 1 aromatic heterocycles. The molecule has 2 amide bonds. The Hall–Kier alpha value is -2.93. The molecule has 6 nitrogen and oxygen atoms in total. The van der Waals surface area contributed by atoms with E-state index in [1.54, 1.807) is 18.2 Å². The highest BCUT2D eigenvalue weighted by Gasteiger charge is 2.28. The van der Waals surface area contributed by atoms with Crippen LogP contribution in [0.3, 0.4) is 0 Å². The number of piperidine rings is 1. The summed E-state index contributed by atoms with van der Waals surface area (Å²) in [4.78, 5) is 18.8. The molecule has 1 atom stereocenters. The van der Waals surface area contributed by atoms with Crippen LogP contribution in [0.4, 0.5) is 14.9 Å². The lowest BCUT2D eigenvalue weighted by Crippen LogP contribution is -2.46. The van der Waals surface area contributed by atoms with Crippen LogP contribution < -0.4 is 16.0 Å². The van der Waals surface area contributed by atoms with Gasteiger partial charge in [0.2, 0.25) is 0 Å². The van der Waals surface area contributed by atoms with Crippen LogP contribution >= 0.6 is 0 Å². The molecule has 0 aliphatic carbocycles. The molecule has 1 fully saturated rings. The maximum Gasteiger partial charge on any atom is 0.324 e. The Labute approximate surface area is 163 Å². The summed E-state index contributed by atoms with van der Waals surface area (Å²) in [6.45, 7) is 2.06. The molecule has 0 radical (unpaired) electrons. The molecule has 28 heavy (non-hydrogen) atoms. The quantitative estimate of drug-likeness (QED) is 0.764. The maximum atomic E-state index is 13.9. The number of rotatable bonds is 3. The van der Waals surface area contributed by atoms with Crippen molar-refractivity contribution in [2.24, 2.45) is 5.92 Å². The second kappa shape index (κ2) is 7.98. The van der Waals surface area contributed by atoms with Crippen LogP contribution in [0.5, 0.6) is 0 Å². The predicted octanol–water partition coefficient (Wildman–Crippen LogP) is 3.21. The van der Waals surface area contributed by atoms with Crippen LogP contribution in [0, 0.1) is 11.7 Å². The number of aromatic nitrogens is 1. The molecule has 0 spiro atoms. The van der Waals surface area contributed by atoms with Gasteiger partial charge in [-0.3, -0.25) is 10.3 Å². The number of allylic oxidation sites excluding steroid dienone is 2. The van der Waals surface area contributed by atoms with Gasteiger partial charge in [-0.15, -0.1) is 0 Å². The lowest BCUT2D eigenvalue weighted by Gasteiger charge is -2.39. The molecule has 0 saturated carbocycles. The summed E-state index contributed by atoms with van der Waals surface area (Å²) in [5.74, 6) is 0.891. The van der Waals surface area contributed by atoms with Crippen LogP contribution in [0.15, 0.2) is 54.5 Å². The predicted molar refractivity (Wildman–Crippen MR) is 108 cm³/mol. The Kier molecular flexibility index (Phi) is 5.25. The molecule has 146 valence electrons. The number of carbonyl (C=O) groups excluding carboxylic acids is 1. The fourth-order valence-electron chi connectivity index (χ4n) is 3.98. The third-order valence-corrected chi connectivity index (χ3v) is 5.47. The number of benzene rings is 1. The number of hydrogen-bond donors (Lipinski definition) is 3. The molecule has 3 heterocycles. The number of amides is 2. The lowest BCUT2D eigenvalue weighted by atomic mass is 9.88. The van der Waals surface area contributed by atoms with Crippen LogP contribution in [-0.4, -0.2) is 42.1 Å². The van der Waals surface area contributed by atoms with E-state index in [1.807, 2.05) is 19.2 Å². The first-order valence-corrected chi connectivity index (χ1v) is 9.57. The summed E-state index contributed by atoms with van der Waals surface area (Å²) < 4.78 is 13.9. The van der Waals surface area contributed by atoms with Crippen molar-refractivity contribution in [1.82, 2.24) is 20.5 Å². The number of urea groups is 1. The first-order chi connectivity index (χ1) is 13.6. The molecule has 1 saturated heterocycles. The number of likely N-dealkylation sites (N-methyl/N-ethyl adjacent to an activating group) is 1. The first-order valence-electron chi connectivity index (χ1n) is 9.57. The van der Waals surface area contributed by atoms with Crippen molar-refractivity contribution in [1.29, 1.82) is 0 Å². The second-order valence-corrected chi connectivity index (χ2v) is 7.20. The van der Waals surface area contributed by atoms with E-state index in [0.717, 1.165) is 31.8 Å². The number of fused-ring (bicyclic) bond motifs is 1. The van der Waals surface area contributed by atoms with Crippen molar-refractivity contribution in [3.05, 3.63) is 60.3 Å². The minimum atomic E-state index is -0.411. The fraction of sp³-hybridized carbons (Fsp3) is 0.333. The second-order valence-electron chi connectivity index (χ2n) is 7.20. The van der Waals surface area contributed by atoms with Gasteiger partial charge >= 0.3 is 6.03 Å². The Bertz CT molecular complexity index is 936. The molecular weight excluding hydrogens is 357 g/mol. The summed E-state index contributed by atoms with van der Waals surface area (Å²) in [5.41, 5.74) is 0.759. The van der Waals surface area contributed by atoms with E-state index in [2.05, 4.69) is 31.9 Å². The topological polar surface area (TPSA) is 69.3 Å². The number of para-hydroxylation sites is 1. The molecule has 7 heteroatoms. The van der Waals surface area contributed by atoms with Gasteiger partial charge < -0.3 is 15.5 Å². The third kappa shape index (κ3) is 3.71. The smallest absolute Gasteiger partial charge is 0.324 e. The van der Waals surface area contributed by atoms with E-state index in [9.17, 15) is 9.18 Å². The summed E-state index contributed by atoms with van der Waals surface area (Å²) in [6, 6.07) is 6.26. The number of anilines is 1. The summed E-state index contributed by atoms with van der Waals surface area (Å²) >= 11 is 0. The zero-order chi connectivity index (χ0) is 19.5. The Morgan fingerprint density at radius 2 is 2.07 bits per heavy atom. The minimum absolute atomic E-state index is 0.239. The van der Waals surface area contributed by atoms with E-state index in [1.165, 1.54) is 12.3 Å². The molecular formula is C21H24FN5O. The van der Waals surface area contributed by atoms with Gasteiger partial charge in [-0.1, -0.05) is 24.3 Å². The first kappa shape index (κ1) is 18.4. The van der Waals surface area contributed by atoms with Crippen LogP contribution in [0.25, 0.3) is 10.9 Å². The van der Waals surface area contributed by atoms with Gasteiger partial charge in [0.1, 0.15) is 17.2 Å². The van der Waals surface area contributed by atoms with E-state index >= 15 is 0 Å². The largest absolute Gasteiger partial charge is 0.354 e. The average Bonchev–Trinajstić information content (AvgIpc) is 2.71. The number of pyridine rings is 1. The van der Waals surface area contributed by atoms with E-state index < -0.39 is 5.82 Å². The standard InChI is InChI=1S/C21H24FN5O/c1-27-18(14-8-11-23-12-9-14)6-3-7-19(27)26-21(28)25-17-10-13-24-20-15(17)4-2-5-16(20)22/h2-7,10,13-14,18,23H,8-9,11-12H2,1H3,(H2,24,25,26,28). The molecule has 0 bridgehead atoms. The minimum Gasteiger partial charge on any atom is -0.354 e. The van der Waals surface area contributed by atoms with Crippen molar-refractivity contribution in [3.8, 4) is 0 Å². The van der Waals surface area contributed by atoms with Gasteiger partial charge in [-0.05, 0) is 50.1 Å². The number of halogens is 1. The molecule has 4 rings (SSSR count). The van der Waals surface area contributed by atoms with Crippen LogP contribution in [0.1, 0.15) is 12.8 Å². The lowest BCUT2D eigenvalue weighted by molar-refractivity contribution is 0.205. The number of nitrogens with one attached hydrogen (secondary N) is 3. The highest BCUT2D eigenvalue weighted by molar-refractivity contribution is 6.00. The van der Waals surface area contributed by atoms with Crippen molar-refractivity contribution < 1.29 is 9.18 Å². The summed E-state index contributed by atoms with van der Waals surface area (Å²) in [6.07, 6.45) is 9.81. The van der Waals surface area contributed by atoms with E-state index in [4.69, 9.17) is 0 Å². The van der Waals surface area contributed by atoms with Crippen molar-refractivity contribution in [2.75, 3.05) is 25.5 Å². The Balaban J connectivity index is 1.46. The zero-order valence-corrected chi connectivity index (χ0v) is 15.8. The maximum absolute atomic E-state index is 13.9. The van der Waals surface area contributed by atoms with Gasteiger partial charge in [-0.25, -0.2) is 9.18 Å². The summed E-state index contributed by atoms with van der Waals surface area (Å²) in [5, 5.41) is 9.69. The average molecular weight is 381 g/mol. The Morgan fingerprint density at radius 3 is 2.89 bits per heavy atom. The number of nitrogens with zero attached hydrogens (tertiary/aromatic N) is 2. The SMILES string of the molecule is CN1C(NC(=O)Nc2ccnc3c(F)cccc23)=CC=CC1C1CCNCC1. The van der Waals surface area contributed by atoms with Crippen LogP contribution in [-0.2, 0) is 0 Å². The Morgan fingerprint density at radius 1 is 1.25 bits per heavy atom. The third-order valence-electron chi connectivity index (χ3n) is 5.47. The van der Waals surface area contributed by atoms with Crippen molar-refractivity contribution in [2.45, 2.75) is 18.9 Å². The van der Waals surface area contributed by atoms with Gasteiger partial charge in [0.25, 0.3) is 0 Å². The summed E-state index contributed by atoms with van der Waals surface area (Å²) in [7, 11) is 2.00. The molecule has 3 N–H and O–H groups in total. The number of carbonyl (C=O) groups is 1. The zero-order valence-electron chi connectivity index (χ0n) is 15.8. The van der Waals surface area contributed by atoms with Crippen molar-refractivity contribution >= 4 is 22.6 Å². The number of hydrogen-bond acceptors (Lipinski definition) is 4. The molecule has 2 aliphatic rings. The molecule has 2 aliphatic heterocycles. The molecule has 2 aromatic rings. The molecule has 1 unspecified atom stereocenters. The highest BCUT2D eigenvalue weighted by Crippen LogP contribution is 2.26. The van der Waals surface area contributed by atoms with Crippen LogP contribution in [0.2, 0.25) is 0 Å². The van der Waals surface area contributed by atoms with Crippen molar-refractivity contribution in [3.63, 3.8) is 0 Å². The monoisotopic (exact) mass is 381 g/mol. The normalized spacial score (nSPS) is 20.1. The highest BCUT2D eigenvalue weighted by atomic mass is 19.1. The van der Waals surface area contributed by atoms with Gasteiger partial charge in [0, 0.05) is 18.6 Å².